The number of rotatable bonds is 4. The van der Waals surface area contributed by atoms with Crippen LogP contribution in [0.15, 0.2) is 30.5 Å². The second-order valence-corrected chi connectivity index (χ2v) is 9.32. The third-order valence-corrected chi connectivity index (χ3v) is 7.28. The van der Waals surface area contributed by atoms with Gasteiger partial charge < -0.3 is 20.1 Å². The number of fused-ring (bicyclic) bond motifs is 1. The van der Waals surface area contributed by atoms with Crippen molar-refractivity contribution in [3.8, 4) is 5.75 Å². The van der Waals surface area contributed by atoms with Gasteiger partial charge in [0, 0.05) is 36.9 Å². The van der Waals surface area contributed by atoms with E-state index in [9.17, 15) is 14.7 Å². The number of benzene rings is 1. The highest BCUT2D eigenvalue weighted by Crippen LogP contribution is 2.34. The zero-order chi connectivity index (χ0) is 21.5. The maximum atomic E-state index is 12.9. The summed E-state index contributed by atoms with van der Waals surface area (Å²) in [4.78, 5) is 29.4. The van der Waals surface area contributed by atoms with E-state index in [4.69, 9.17) is 4.74 Å². The molecule has 7 nitrogen and oxygen atoms in total. The van der Waals surface area contributed by atoms with Crippen molar-refractivity contribution in [2.45, 2.75) is 75.8 Å². The Morgan fingerprint density at radius 2 is 1.90 bits per heavy atom. The van der Waals surface area contributed by atoms with E-state index in [1.807, 2.05) is 18.2 Å². The van der Waals surface area contributed by atoms with Crippen molar-refractivity contribution >= 4 is 11.8 Å². The average molecular weight is 426 g/mol. The molecule has 166 valence electrons. The molecule has 5 rings (SSSR count). The highest BCUT2D eigenvalue weighted by atomic mass is 16.5. The molecule has 1 aromatic carbocycles. The summed E-state index contributed by atoms with van der Waals surface area (Å²) in [7, 11) is 0. The number of ether oxygens (including phenoxy) is 1. The predicted molar refractivity (Wildman–Crippen MR) is 115 cm³/mol. The molecule has 1 saturated carbocycles. The molecule has 3 heterocycles. The third kappa shape index (κ3) is 3.96. The number of aliphatic hydroxyl groups excluding tert-OH is 1. The van der Waals surface area contributed by atoms with E-state index in [0.717, 1.165) is 62.2 Å². The molecule has 0 aromatic heterocycles. The van der Waals surface area contributed by atoms with Gasteiger partial charge in [-0.15, -0.1) is 0 Å². The molecule has 7 heteroatoms. The summed E-state index contributed by atoms with van der Waals surface area (Å²) >= 11 is 0. The number of amides is 2. The van der Waals surface area contributed by atoms with E-state index >= 15 is 0 Å². The quantitative estimate of drug-likeness (QED) is 0.773. The minimum atomic E-state index is -0.441. The fourth-order valence-corrected chi connectivity index (χ4v) is 5.56. The standard InChI is InChI=1S/C24H31N3O4/c1-15-5-8-21(23(29)25-15)27-14-16-13-18(6-7-19(16)24(27)30)31-22-4-2-3-20(22)26-11-9-17(28)10-12-26/h6-7,13,17,20-22,28H,1-5,8-12,14H2,(H,25,29)/t20-,21?,22+/m1/s1. The van der Waals surface area contributed by atoms with Crippen LogP contribution < -0.4 is 10.1 Å². The summed E-state index contributed by atoms with van der Waals surface area (Å²) in [5.74, 6) is 0.568. The average Bonchev–Trinajstić information content (AvgIpc) is 3.33. The van der Waals surface area contributed by atoms with Gasteiger partial charge in [-0.2, -0.15) is 0 Å². The normalized spacial score (nSPS) is 29.9. The highest BCUT2D eigenvalue weighted by Gasteiger charge is 2.39. The molecule has 3 fully saturated rings. The number of carbonyl (C=O) groups excluding carboxylic acids is 2. The minimum Gasteiger partial charge on any atom is -0.489 e. The molecule has 1 aliphatic carbocycles. The third-order valence-electron chi connectivity index (χ3n) is 7.28. The summed E-state index contributed by atoms with van der Waals surface area (Å²) < 4.78 is 6.42. The predicted octanol–water partition coefficient (Wildman–Crippen LogP) is 2.19. The number of nitrogens with zero attached hydrogens (tertiary/aromatic N) is 2. The van der Waals surface area contributed by atoms with Crippen molar-refractivity contribution in [1.29, 1.82) is 0 Å². The van der Waals surface area contributed by atoms with Crippen molar-refractivity contribution in [2.24, 2.45) is 0 Å². The molecule has 0 spiro atoms. The van der Waals surface area contributed by atoms with Crippen molar-refractivity contribution < 1.29 is 19.4 Å². The number of nitrogens with one attached hydrogen (secondary N) is 1. The van der Waals surface area contributed by atoms with E-state index < -0.39 is 6.04 Å². The summed E-state index contributed by atoms with van der Waals surface area (Å²) in [5.41, 5.74) is 2.31. The van der Waals surface area contributed by atoms with Gasteiger partial charge >= 0.3 is 0 Å². The topological polar surface area (TPSA) is 82.1 Å². The monoisotopic (exact) mass is 425 g/mol. The smallest absolute Gasteiger partial charge is 0.255 e. The highest BCUT2D eigenvalue weighted by molar-refractivity contribution is 6.01. The van der Waals surface area contributed by atoms with Crippen LogP contribution in [0.4, 0.5) is 0 Å². The summed E-state index contributed by atoms with van der Waals surface area (Å²) in [6.45, 7) is 6.11. The van der Waals surface area contributed by atoms with E-state index in [2.05, 4.69) is 16.8 Å². The first-order chi connectivity index (χ1) is 15.0. The molecule has 3 atom stereocenters. The largest absolute Gasteiger partial charge is 0.489 e. The van der Waals surface area contributed by atoms with Crippen LogP contribution in [-0.4, -0.2) is 64.1 Å². The first kappa shape index (κ1) is 20.5. The molecule has 2 amide bonds. The van der Waals surface area contributed by atoms with Crippen LogP contribution in [0.3, 0.4) is 0 Å². The van der Waals surface area contributed by atoms with Crippen LogP contribution in [0.25, 0.3) is 0 Å². The summed E-state index contributed by atoms with van der Waals surface area (Å²) in [6.07, 6.45) is 6.24. The molecule has 31 heavy (non-hydrogen) atoms. The molecule has 4 aliphatic rings. The summed E-state index contributed by atoms with van der Waals surface area (Å²) in [5, 5.41) is 12.6. The number of carbonyl (C=O) groups is 2. The van der Waals surface area contributed by atoms with Crippen molar-refractivity contribution in [3.05, 3.63) is 41.6 Å². The van der Waals surface area contributed by atoms with Crippen LogP contribution in [0.1, 0.15) is 60.9 Å². The van der Waals surface area contributed by atoms with Crippen LogP contribution in [0.2, 0.25) is 0 Å². The van der Waals surface area contributed by atoms with E-state index in [-0.39, 0.29) is 24.0 Å². The van der Waals surface area contributed by atoms with Gasteiger partial charge in [0.15, 0.2) is 0 Å². The van der Waals surface area contributed by atoms with Gasteiger partial charge in [-0.25, -0.2) is 0 Å². The zero-order valence-corrected chi connectivity index (χ0v) is 17.9. The lowest BCUT2D eigenvalue weighted by Gasteiger charge is -2.37. The van der Waals surface area contributed by atoms with Gasteiger partial charge in [0.25, 0.3) is 5.91 Å². The van der Waals surface area contributed by atoms with E-state index in [1.165, 1.54) is 0 Å². The van der Waals surface area contributed by atoms with Gasteiger partial charge in [0.2, 0.25) is 5.91 Å². The number of piperidine rings is 2. The fourth-order valence-electron chi connectivity index (χ4n) is 5.56. The lowest BCUT2D eigenvalue weighted by Crippen LogP contribution is -2.49. The molecule has 1 unspecified atom stereocenters. The minimum absolute atomic E-state index is 0.0835. The molecule has 0 radical (unpaired) electrons. The number of aliphatic hydroxyl groups is 1. The lowest BCUT2D eigenvalue weighted by atomic mass is 10.0. The first-order valence-electron chi connectivity index (χ1n) is 11.5. The number of likely N-dealkylation sites (tertiary alicyclic amines) is 1. The number of hydrogen-bond donors (Lipinski definition) is 2. The van der Waals surface area contributed by atoms with Crippen molar-refractivity contribution in [3.63, 3.8) is 0 Å². The van der Waals surface area contributed by atoms with Gasteiger partial charge in [-0.3, -0.25) is 14.5 Å². The first-order valence-corrected chi connectivity index (χ1v) is 11.5. The van der Waals surface area contributed by atoms with Crippen LogP contribution in [0.5, 0.6) is 5.75 Å². The van der Waals surface area contributed by atoms with E-state index in [1.54, 1.807) is 4.90 Å². The molecular weight excluding hydrogens is 394 g/mol. The Bertz CT molecular complexity index is 893. The Kier molecular flexibility index (Phi) is 5.48. The molecule has 0 bridgehead atoms. The van der Waals surface area contributed by atoms with Crippen molar-refractivity contribution in [2.75, 3.05) is 13.1 Å². The Morgan fingerprint density at radius 3 is 2.68 bits per heavy atom. The Morgan fingerprint density at radius 1 is 1.10 bits per heavy atom. The second kappa shape index (κ2) is 8.28. The van der Waals surface area contributed by atoms with Gasteiger partial charge in [0.1, 0.15) is 17.9 Å². The lowest BCUT2D eigenvalue weighted by molar-refractivity contribution is -0.126. The van der Waals surface area contributed by atoms with Gasteiger partial charge in [-0.05, 0) is 68.7 Å². The van der Waals surface area contributed by atoms with Crippen LogP contribution in [-0.2, 0) is 11.3 Å². The number of hydrogen-bond acceptors (Lipinski definition) is 5. The van der Waals surface area contributed by atoms with Crippen LogP contribution >= 0.6 is 0 Å². The van der Waals surface area contributed by atoms with Gasteiger partial charge in [0.05, 0.1) is 6.10 Å². The van der Waals surface area contributed by atoms with E-state index in [0.29, 0.717) is 31.0 Å². The molecule has 2 saturated heterocycles. The van der Waals surface area contributed by atoms with Crippen molar-refractivity contribution in [1.82, 2.24) is 15.1 Å². The maximum Gasteiger partial charge on any atom is 0.255 e. The Hall–Kier alpha value is -2.38. The molecular formula is C24H31N3O4. The Balaban J connectivity index is 1.27. The fraction of sp³-hybridized carbons (Fsp3) is 0.583. The number of allylic oxidation sites excluding steroid dienone is 1. The molecule has 3 aliphatic heterocycles. The Labute approximate surface area is 183 Å². The van der Waals surface area contributed by atoms with Crippen LogP contribution in [0, 0.1) is 0 Å². The summed E-state index contributed by atoms with van der Waals surface area (Å²) in [6, 6.07) is 5.65. The zero-order valence-electron chi connectivity index (χ0n) is 17.9. The molecule has 2 N–H and O–H groups in total. The second-order valence-electron chi connectivity index (χ2n) is 9.32. The van der Waals surface area contributed by atoms with Gasteiger partial charge in [-0.1, -0.05) is 6.58 Å². The maximum absolute atomic E-state index is 12.9. The SMILES string of the molecule is C=C1CCC(N2Cc3cc(O[C@H]4CCC[C@H]4N4CCC(O)CC4)ccc3C2=O)C(=O)N1. The molecule has 1 aromatic rings.